The van der Waals surface area contributed by atoms with Crippen LogP contribution >= 0.6 is 0 Å². The summed E-state index contributed by atoms with van der Waals surface area (Å²) in [5, 5.41) is 12.0. The molecule has 2 atom stereocenters. The summed E-state index contributed by atoms with van der Waals surface area (Å²) < 4.78 is 11.0. The molecule has 178 valence electrons. The van der Waals surface area contributed by atoms with Gasteiger partial charge in [-0.25, -0.2) is 4.79 Å². The van der Waals surface area contributed by atoms with Gasteiger partial charge in [-0.05, 0) is 41.0 Å². The molecule has 2 aliphatic carbocycles. The van der Waals surface area contributed by atoms with Gasteiger partial charge in [0.05, 0.1) is 25.7 Å². The highest BCUT2D eigenvalue weighted by Crippen LogP contribution is 2.44. The Hall–Kier alpha value is -3.39. The van der Waals surface area contributed by atoms with Crippen LogP contribution < -0.4 is 5.32 Å². The molecule has 1 saturated carbocycles. The van der Waals surface area contributed by atoms with Crippen molar-refractivity contribution in [3.63, 3.8) is 0 Å². The fourth-order valence-electron chi connectivity index (χ4n) is 5.07. The first kappa shape index (κ1) is 22.4. The summed E-state index contributed by atoms with van der Waals surface area (Å²) >= 11 is 0. The monoisotopic (exact) mass is 464 g/mol. The molecular weight excluding hydrogens is 436 g/mol. The number of nitrogens with zero attached hydrogens (tertiary/aromatic N) is 1. The Morgan fingerprint density at radius 2 is 1.71 bits per heavy atom. The van der Waals surface area contributed by atoms with Crippen LogP contribution in [0.3, 0.4) is 0 Å². The predicted octanol–water partition coefficient (Wildman–Crippen LogP) is 3.01. The van der Waals surface area contributed by atoms with Crippen molar-refractivity contribution in [3.8, 4) is 11.1 Å². The van der Waals surface area contributed by atoms with Crippen molar-refractivity contribution >= 4 is 18.0 Å². The zero-order chi connectivity index (χ0) is 23.7. The number of benzene rings is 2. The maximum atomic E-state index is 13.3. The molecule has 8 nitrogen and oxygen atoms in total. The van der Waals surface area contributed by atoms with Crippen molar-refractivity contribution in [1.29, 1.82) is 0 Å². The summed E-state index contributed by atoms with van der Waals surface area (Å²) in [6.07, 6.45) is 0.867. The van der Waals surface area contributed by atoms with Crippen molar-refractivity contribution < 1.29 is 29.0 Å². The van der Waals surface area contributed by atoms with E-state index in [9.17, 15) is 19.5 Å². The lowest BCUT2D eigenvalue weighted by molar-refractivity contribution is -0.148. The number of ether oxygens (including phenoxy) is 2. The summed E-state index contributed by atoms with van der Waals surface area (Å²) in [6, 6.07) is 15.0. The van der Waals surface area contributed by atoms with Gasteiger partial charge in [0.1, 0.15) is 12.6 Å². The number of amides is 2. The van der Waals surface area contributed by atoms with E-state index >= 15 is 0 Å². The number of aliphatic carboxylic acids is 1. The molecule has 0 spiro atoms. The second-order valence-corrected chi connectivity index (χ2v) is 9.14. The zero-order valence-corrected chi connectivity index (χ0v) is 18.8. The fourth-order valence-corrected chi connectivity index (χ4v) is 5.07. The SMILES string of the molecule is O=C(O)CC1COCCN1C(=O)C(NC(=O)OCC1c2ccccc2-c2ccccc21)C1CC1. The normalized spacial score (nSPS) is 20.2. The highest BCUT2D eigenvalue weighted by molar-refractivity contribution is 5.87. The molecule has 2 unspecified atom stereocenters. The van der Waals surface area contributed by atoms with Gasteiger partial charge in [0.25, 0.3) is 0 Å². The number of morpholine rings is 1. The molecule has 0 aromatic heterocycles. The Bertz CT molecular complexity index is 1050. The van der Waals surface area contributed by atoms with Gasteiger partial charge < -0.3 is 24.8 Å². The van der Waals surface area contributed by atoms with E-state index in [1.807, 2.05) is 24.3 Å². The molecule has 3 aliphatic rings. The average Bonchev–Trinajstić information content (AvgIpc) is 3.63. The molecule has 2 aromatic rings. The molecule has 2 N–H and O–H groups in total. The summed E-state index contributed by atoms with van der Waals surface area (Å²) in [5.74, 6) is -1.26. The largest absolute Gasteiger partial charge is 0.481 e. The third-order valence-corrected chi connectivity index (χ3v) is 6.90. The Kier molecular flexibility index (Phi) is 6.24. The Labute approximate surface area is 197 Å². The number of nitrogens with one attached hydrogen (secondary N) is 1. The number of carboxylic acid groups (broad SMARTS) is 1. The molecular formula is C26H28N2O6. The Morgan fingerprint density at radius 3 is 2.32 bits per heavy atom. The molecule has 8 heteroatoms. The predicted molar refractivity (Wildman–Crippen MR) is 123 cm³/mol. The van der Waals surface area contributed by atoms with Crippen LogP contribution in [0.2, 0.25) is 0 Å². The van der Waals surface area contributed by atoms with Crippen LogP contribution in [0.1, 0.15) is 36.3 Å². The average molecular weight is 465 g/mol. The maximum absolute atomic E-state index is 13.3. The second-order valence-electron chi connectivity index (χ2n) is 9.14. The third-order valence-electron chi connectivity index (χ3n) is 6.90. The minimum atomic E-state index is -0.985. The van der Waals surface area contributed by atoms with E-state index in [1.54, 1.807) is 4.90 Å². The molecule has 0 radical (unpaired) electrons. The Morgan fingerprint density at radius 1 is 1.06 bits per heavy atom. The van der Waals surface area contributed by atoms with E-state index in [0.29, 0.717) is 13.2 Å². The van der Waals surface area contributed by atoms with Crippen LogP contribution in [0.15, 0.2) is 48.5 Å². The number of fused-ring (bicyclic) bond motifs is 3. The van der Waals surface area contributed by atoms with Crippen molar-refractivity contribution in [2.24, 2.45) is 5.92 Å². The summed E-state index contributed by atoms with van der Waals surface area (Å²) in [4.78, 5) is 38.9. The van der Waals surface area contributed by atoms with Gasteiger partial charge in [0.2, 0.25) is 5.91 Å². The van der Waals surface area contributed by atoms with Crippen LogP contribution in [0.25, 0.3) is 11.1 Å². The van der Waals surface area contributed by atoms with Crippen molar-refractivity contribution in [1.82, 2.24) is 10.2 Å². The topological polar surface area (TPSA) is 105 Å². The van der Waals surface area contributed by atoms with Crippen LogP contribution in [-0.2, 0) is 19.1 Å². The number of rotatable bonds is 7. The summed E-state index contributed by atoms with van der Waals surface area (Å²) in [7, 11) is 0. The number of hydrogen-bond acceptors (Lipinski definition) is 5. The minimum Gasteiger partial charge on any atom is -0.481 e. The van der Waals surface area contributed by atoms with Crippen molar-refractivity contribution in [3.05, 3.63) is 59.7 Å². The quantitative estimate of drug-likeness (QED) is 0.653. The van der Waals surface area contributed by atoms with Crippen molar-refractivity contribution in [2.75, 3.05) is 26.4 Å². The molecule has 34 heavy (non-hydrogen) atoms. The van der Waals surface area contributed by atoms with E-state index in [-0.39, 0.29) is 37.4 Å². The highest BCUT2D eigenvalue weighted by atomic mass is 16.5. The van der Waals surface area contributed by atoms with Crippen LogP contribution in [0, 0.1) is 5.92 Å². The molecule has 5 rings (SSSR count). The van der Waals surface area contributed by atoms with Crippen molar-refractivity contribution in [2.45, 2.75) is 37.3 Å². The van der Waals surface area contributed by atoms with Gasteiger partial charge in [-0.15, -0.1) is 0 Å². The van der Waals surface area contributed by atoms with Gasteiger partial charge in [-0.3, -0.25) is 9.59 Å². The smallest absolute Gasteiger partial charge is 0.407 e. The van der Waals surface area contributed by atoms with Gasteiger partial charge >= 0.3 is 12.1 Å². The number of hydrogen-bond donors (Lipinski definition) is 2. The highest BCUT2D eigenvalue weighted by Gasteiger charge is 2.42. The fraction of sp³-hybridized carbons (Fsp3) is 0.423. The minimum absolute atomic E-state index is 0.0429. The third kappa shape index (κ3) is 4.50. The van der Waals surface area contributed by atoms with Gasteiger partial charge in [0, 0.05) is 12.5 Å². The van der Waals surface area contributed by atoms with E-state index < -0.39 is 24.1 Å². The molecule has 2 amide bonds. The standard InChI is InChI=1S/C26H28N2O6/c29-23(30)13-17-14-33-12-11-28(17)25(31)24(16-9-10-16)27-26(32)34-15-22-20-7-3-1-5-18(20)19-6-2-4-8-21(19)22/h1-8,16-17,22,24H,9-15H2,(H,27,32)(H,29,30). The van der Waals surface area contributed by atoms with E-state index in [0.717, 1.165) is 35.1 Å². The van der Waals surface area contributed by atoms with E-state index in [2.05, 4.69) is 29.6 Å². The van der Waals surface area contributed by atoms with Gasteiger partial charge in [0.15, 0.2) is 0 Å². The second kappa shape index (κ2) is 9.46. The number of alkyl carbamates (subject to hydrolysis) is 1. The Balaban J connectivity index is 1.25. The lowest BCUT2D eigenvalue weighted by Crippen LogP contribution is -2.57. The van der Waals surface area contributed by atoms with Crippen LogP contribution in [0.4, 0.5) is 4.79 Å². The first-order chi connectivity index (χ1) is 16.5. The molecule has 1 saturated heterocycles. The zero-order valence-electron chi connectivity index (χ0n) is 18.8. The van der Waals surface area contributed by atoms with Gasteiger partial charge in [-0.2, -0.15) is 0 Å². The molecule has 2 fully saturated rings. The summed E-state index contributed by atoms with van der Waals surface area (Å²) in [5.41, 5.74) is 4.54. The molecule has 0 bridgehead atoms. The van der Waals surface area contributed by atoms with E-state index in [1.165, 1.54) is 0 Å². The van der Waals surface area contributed by atoms with Crippen LogP contribution in [-0.4, -0.2) is 66.4 Å². The first-order valence-electron chi connectivity index (χ1n) is 11.7. The molecule has 1 aliphatic heterocycles. The molecule has 1 heterocycles. The lowest BCUT2D eigenvalue weighted by atomic mass is 9.98. The first-order valence-corrected chi connectivity index (χ1v) is 11.7. The number of carboxylic acids is 1. The van der Waals surface area contributed by atoms with Gasteiger partial charge in [-0.1, -0.05) is 48.5 Å². The lowest BCUT2D eigenvalue weighted by Gasteiger charge is -2.37. The maximum Gasteiger partial charge on any atom is 0.407 e. The number of carbonyl (C=O) groups is 3. The number of carbonyl (C=O) groups excluding carboxylic acids is 2. The molecule has 2 aromatic carbocycles. The van der Waals surface area contributed by atoms with Crippen LogP contribution in [0.5, 0.6) is 0 Å². The van der Waals surface area contributed by atoms with E-state index in [4.69, 9.17) is 9.47 Å². The summed E-state index contributed by atoms with van der Waals surface area (Å²) in [6.45, 7) is 1.02.